The van der Waals surface area contributed by atoms with Crippen LogP contribution in [0.3, 0.4) is 0 Å². The molecule has 18 heavy (non-hydrogen) atoms. The Hall–Kier alpha value is -1.74. The summed E-state index contributed by atoms with van der Waals surface area (Å²) in [6, 6.07) is 8.64. The number of pyridine rings is 2. The molecule has 1 atom stereocenters. The molecule has 0 saturated carbocycles. The Morgan fingerprint density at radius 3 is 2.83 bits per heavy atom. The van der Waals surface area contributed by atoms with Gasteiger partial charge in [-0.2, -0.15) is 0 Å². The molecule has 2 aromatic rings. The third-order valence-corrected chi connectivity index (χ3v) is 2.94. The van der Waals surface area contributed by atoms with E-state index in [0.29, 0.717) is 6.04 Å². The van der Waals surface area contributed by atoms with Crippen LogP contribution in [0, 0.1) is 6.92 Å². The van der Waals surface area contributed by atoms with E-state index in [9.17, 15) is 0 Å². The van der Waals surface area contributed by atoms with Crippen LogP contribution in [0.15, 0.2) is 42.9 Å². The molecule has 2 heterocycles. The highest BCUT2D eigenvalue weighted by atomic mass is 14.9. The van der Waals surface area contributed by atoms with Crippen molar-refractivity contribution in [3.05, 3.63) is 59.7 Å². The lowest BCUT2D eigenvalue weighted by Crippen LogP contribution is -2.23. The van der Waals surface area contributed by atoms with Crippen molar-refractivity contribution in [1.82, 2.24) is 15.3 Å². The zero-order valence-corrected chi connectivity index (χ0v) is 10.9. The van der Waals surface area contributed by atoms with Crippen molar-refractivity contribution in [1.29, 1.82) is 0 Å². The second-order valence-corrected chi connectivity index (χ2v) is 4.41. The van der Waals surface area contributed by atoms with Gasteiger partial charge in [-0.05, 0) is 49.2 Å². The summed E-state index contributed by atoms with van der Waals surface area (Å²) >= 11 is 0. The SMILES string of the molecule is CCNC(Cc1cccnc1)c1ccnc(C)c1. The molecule has 0 spiro atoms. The molecule has 2 rings (SSSR count). The zero-order chi connectivity index (χ0) is 12.8. The van der Waals surface area contributed by atoms with Crippen LogP contribution in [-0.4, -0.2) is 16.5 Å². The third-order valence-electron chi connectivity index (χ3n) is 2.94. The molecule has 0 bridgehead atoms. The first kappa shape index (κ1) is 12.7. The Kier molecular flexibility index (Phi) is 4.42. The van der Waals surface area contributed by atoms with Crippen LogP contribution in [0.25, 0.3) is 0 Å². The maximum Gasteiger partial charge on any atom is 0.0375 e. The summed E-state index contributed by atoms with van der Waals surface area (Å²) in [5, 5.41) is 3.52. The number of nitrogens with one attached hydrogen (secondary N) is 1. The number of aromatic nitrogens is 2. The van der Waals surface area contributed by atoms with Crippen LogP contribution in [0.1, 0.15) is 29.8 Å². The van der Waals surface area contributed by atoms with Crippen molar-refractivity contribution < 1.29 is 0 Å². The Morgan fingerprint density at radius 2 is 2.17 bits per heavy atom. The number of aryl methyl sites for hydroxylation is 1. The fourth-order valence-corrected chi connectivity index (χ4v) is 2.09. The highest BCUT2D eigenvalue weighted by molar-refractivity contribution is 5.22. The first-order valence-electron chi connectivity index (χ1n) is 6.34. The summed E-state index contributed by atoms with van der Waals surface area (Å²) in [4.78, 5) is 8.42. The van der Waals surface area contributed by atoms with E-state index in [0.717, 1.165) is 18.7 Å². The monoisotopic (exact) mass is 241 g/mol. The minimum absolute atomic E-state index is 0.320. The third kappa shape index (κ3) is 3.37. The second-order valence-electron chi connectivity index (χ2n) is 4.41. The summed E-state index contributed by atoms with van der Waals surface area (Å²) in [7, 11) is 0. The lowest BCUT2D eigenvalue weighted by Gasteiger charge is -2.18. The number of hydrogen-bond donors (Lipinski definition) is 1. The van der Waals surface area contributed by atoms with Gasteiger partial charge in [-0.3, -0.25) is 9.97 Å². The molecule has 3 nitrogen and oxygen atoms in total. The van der Waals surface area contributed by atoms with Crippen LogP contribution in [0.4, 0.5) is 0 Å². The van der Waals surface area contributed by atoms with Gasteiger partial charge in [0.25, 0.3) is 0 Å². The lowest BCUT2D eigenvalue weighted by molar-refractivity contribution is 0.548. The largest absolute Gasteiger partial charge is 0.310 e. The molecule has 0 aliphatic heterocycles. The van der Waals surface area contributed by atoms with Crippen LogP contribution in [-0.2, 0) is 6.42 Å². The van der Waals surface area contributed by atoms with Crippen LogP contribution < -0.4 is 5.32 Å². The van der Waals surface area contributed by atoms with Gasteiger partial charge in [0.05, 0.1) is 0 Å². The number of nitrogens with zero attached hydrogens (tertiary/aromatic N) is 2. The van der Waals surface area contributed by atoms with Gasteiger partial charge in [0.1, 0.15) is 0 Å². The molecule has 0 amide bonds. The topological polar surface area (TPSA) is 37.8 Å². The lowest BCUT2D eigenvalue weighted by atomic mass is 10.00. The van der Waals surface area contributed by atoms with E-state index in [1.807, 2.05) is 31.6 Å². The van der Waals surface area contributed by atoms with E-state index < -0.39 is 0 Å². The maximum atomic E-state index is 4.25. The van der Waals surface area contributed by atoms with Crippen molar-refractivity contribution in [2.45, 2.75) is 26.3 Å². The summed E-state index contributed by atoms with van der Waals surface area (Å²) in [5.41, 5.74) is 3.59. The minimum Gasteiger partial charge on any atom is -0.310 e. The Bertz CT molecular complexity index is 482. The molecule has 0 saturated heterocycles. The van der Waals surface area contributed by atoms with Crippen molar-refractivity contribution in [3.8, 4) is 0 Å². The quantitative estimate of drug-likeness (QED) is 0.874. The van der Waals surface area contributed by atoms with Gasteiger partial charge >= 0.3 is 0 Å². The summed E-state index contributed by atoms with van der Waals surface area (Å²) in [5.74, 6) is 0. The first-order chi connectivity index (χ1) is 8.79. The zero-order valence-electron chi connectivity index (χ0n) is 10.9. The highest BCUT2D eigenvalue weighted by Crippen LogP contribution is 2.18. The fraction of sp³-hybridized carbons (Fsp3) is 0.333. The number of hydrogen-bond acceptors (Lipinski definition) is 3. The molecule has 0 aliphatic carbocycles. The predicted octanol–water partition coefficient (Wildman–Crippen LogP) is 2.68. The molecule has 1 unspecified atom stereocenters. The molecule has 3 heteroatoms. The highest BCUT2D eigenvalue weighted by Gasteiger charge is 2.11. The van der Waals surface area contributed by atoms with E-state index in [1.54, 1.807) is 0 Å². The van der Waals surface area contributed by atoms with Gasteiger partial charge in [0, 0.05) is 30.3 Å². The molecular formula is C15H19N3. The van der Waals surface area contributed by atoms with Gasteiger partial charge in [-0.1, -0.05) is 13.0 Å². The van der Waals surface area contributed by atoms with E-state index >= 15 is 0 Å². The molecule has 0 aliphatic rings. The molecule has 1 N–H and O–H groups in total. The van der Waals surface area contributed by atoms with Crippen molar-refractivity contribution >= 4 is 0 Å². The van der Waals surface area contributed by atoms with Crippen LogP contribution >= 0.6 is 0 Å². The average Bonchev–Trinajstić information content (AvgIpc) is 2.39. The van der Waals surface area contributed by atoms with E-state index in [1.165, 1.54) is 11.1 Å². The standard InChI is InChI=1S/C15H19N3/c1-3-17-15(10-13-5-4-7-16-11-13)14-6-8-18-12(2)9-14/h4-9,11,15,17H,3,10H2,1-2H3. The Balaban J connectivity index is 2.18. The van der Waals surface area contributed by atoms with Gasteiger partial charge in [-0.15, -0.1) is 0 Å². The summed E-state index contributed by atoms with van der Waals surface area (Å²) < 4.78 is 0. The molecule has 0 radical (unpaired) electrons. The number of likely N-dealkylation sites (N-methyl/N-ethyl adjacent to an activating group) is 1. The summed E-state index contributed by atoms with van der Waals surface area (Å²) in [6.45, 7) is 5.10. The maximum absolute atomic E-state index is 4.25. The average molecular weight is 241 g/mol. The van der Waals surface area contributed by atoms with Gasteiger partial charge in [-0.25, -0.2) is 0 Å². The van der Waals surface area contributed by atoms with Crippen molar-refractivity contribution in [2.24, 2.45) is 0 Å². The van der Waals surface area contributed by atoms with E-state index in [4.69, 9.17) is 0 Å². The van der Waals surface area contributed by atoms with Crippen LogP contribution in [0.2, 0.25) is 0 Å². The van der Waals surface area contributed by atoms with Gasteiger partial charge in [0.2, 0.25) is 0 Å². The molecule has 94 valence electrons. The normalized spacial score (nSPS) is 12.3. The molecular weight excluding hydrogens is 222 g/mol. The van der Waals surface area contributed by atoms with Crippen molar-refractivity contribution in [2.75, 3.05) is 6.54 Å². The minimum atomic E-state index is 0.320. The summed E-state index contributed by atoms with van der Waals surface area (Å²) in [6.07, 6.45) is 6.56. The second kappa shape index (κ2) is 6.26. The van der Waals surface area contributed by atoms with E-state index in [-0.39, 0.29) is 0 Å². The van der Waals surface area contributed by atoms with Crippen molar-refractivity contribution in [3.63, 3.8) is 0 Å². The smallest absolute Gasteiger partial charge is 0.0375 e. The van der Waals surface area contributed by atoms with Gasteiger partial charge < -0.3 is 5.32 Å². The Labute approximate surface area is 108 Å². The van der Waals surface area contributed by atoms with Crippen LogP contribution in [0.5, 0.6) is 0 Å². The first-order valence-corrected chi connectivity index (χ1v) is 6.34. The molecule has 2 aromatic heterocycles. The molecule has 0 aromatic carbocycles. The fourth-order valence-electron chi connectivity index (χ4n) is 2.09. The predicted molar refractivity (Wildman–Crippen MR) is 73.3 cm³/mol. The molecule has 0 fully saturated rings. The Morgan fingerprint density at radius 1 is 1.28 bits per heavy atom. The van der Waals surface area contributed by atoms with Gasteiger partial charge in [0.15, 0.2) is 0 Å². The van der Waals surface area contributed by atoms with E-state index in [2.05, 4.69) is 40.4 Å². The number of rotatable bonds is 5.